The van der Waals surface area contributed by atoms with Gasteiger partial charge in [0.25, 0.3) is 5.91 Å². The van der Waals surface area contributed by atoms with Crippen LogP contribution in [-0.4, -0.2) is 40.1 Å². The first-order valence-electron chi connectivity index (χ1n) is 7.50. The zero-order valence-corrected chi connectivity index (χ0v) is 15.6. The lowest BCUT2D eigenvalue weighted by Crippen LogP contribution is -2.32. The Hall–Kier alpha value is -2.43. The molecule has 0 aliphatic heterocycles. The molecule has 1 aromatic heterocycles. The molecule has 8 nitrogen and oxygen atoms in total. The van der Waals surface area contributed by atoms with Crippen molar-refractivity contribution in [2.75, 3.05) is 19.8 Å². The maximum absolute atomic E-state index is 11.8. The normalized spacial score (nSPS) is 11.0. The average Bonchev–Trinajstić information content (AvgIpc) is 3.07. The molecule has 0 radical (unpaired) electrons. The maximum atomic E-state index is 11.8. The second-order valence-electron chi connectivity index (χ2n) is 5.29. The molecule has 10 heteroatoms. The first kappa shape index (κ1) is 19.9. The molecule has 1 heterocycles. The molecule has 1 aromatic carbocycles. The van der Waals surface area contributed by atoms with Crippen molar-refractivity contribution in [1.29, 1.82) is 0 Å². The van der Waals surface area contributed by atoms with Crippen LogP contribution in [0.1, 0.15) is 15.9 Å². The van der Waals surface area contributed by atoms with E-state index < -0.39 is 28.5 Å². The van der Waals surface area contributed by atoms with Gasteiger partial charge in [-0.25, -0.2) is 18.4 Å². The smallest absolute Gasteiger partial charge is 0.339 e. The quantitative estimate of drug-likeness (QED) is 0.506. The third kappa shape index (κ3) is 6.14. The fourth-order valence-corrected chi connectivity index (χ4v) is 3.48. The molecule has 1 amide bonds. The molecule has 26 heavy (non-hydrogen) atoms. The summed E-state index contributed by atoms with van der Waals surface area (Å²) in [6.07, 6.45) is 0. The third-order valence-corrected chi connectivity index (χ3v) is 5.49. The fraction of sp³-hybridized carbons (Fsp3) is 0.250. The number of sulfonamides is 1. The first-order chi connectivity index (χ1) is 12.3. The summed E-state index contributed by atoms with van der Waals surface area (Å²) in [6.45, 7) is 1.98. The lowest BCUT2D eigenvalue weighted by molar-refractivity contribution is -0.124. The number of carbonyl (C=O) groups is 2. The summed E-state index contributed by atoms with van der Waals surface area (Å²) >= 11 is 0.804. The van der Waals surface area contributed by atoms with Gasteiger partial charge in [-0.15, -0.1) is 11.3 Å². The predicted octanol–water partition coefficient (Wildman–Crippen LogP) is 1.06. The molecule has 0 aliphatic carbocycles. The number of primary sulfonamides is 1. The van der Waals surface area contributed by atoms with E-state index in [0.717, 1.165) is 23.0 Å². The van der Waals surface area contributed by atoms with Gasteiger partial charge in [-0.05, 0) is 30.7 Å². The number of aryl methyl sites for hydroxylation is 1. The topological polar surface area (TPSA) is 125 Å². The fourth-order valence-electron chi connectivity index (χ4n) is 1.90. The Kier molecular flexibility index (Phi) is 6.72. The van der Waals surface area contributed by atoms with Gasteiger partial charge in [0.05, 0.1) is 12.1 Å². The van der Waals surface area contributed by atoms with E-state index >= 15 is 0 Å². The standard InChI is InChI=1S/C16H18N2O6S2/c1-11-3-2-4-13(7-11)23-6-5-18-14(19)9-24-16(20)12-8-15(25-10-12)26(17,21)22/h2-4,7-8,10H,5-6,9H2,1H3,(H,18,19)(H2,17,21,22). The van der Waals surface area contributed by atoms with Crippen LogP contribution in [0.25, 0.3) is 0 Å². The molecule has 0 aliphatic rings. The maximum Gasteiger partial charge on any atom is 0.339 e. The Morgan fingerprint density at radius 1 is 1.27 bits per heavy atom. The van der Waals surface area contributed by atoms with E-state index in [-0.39, 0.29) is 22.9 Å². The minimum Gasteiger partial charge on any atom is -0.492 e. The number of esters is 1. The highest BCUT2D eigenvalue weighted by molar-refractivity contribution is 7.91. The van der Waals surface area contributed by atoms with Crippen molar-refractivity contribution < 1.29 is 27.5 Å². The summed E-state index contributed by atoms with van der Waals surface area (Å²) in [5.74, 6) is -0.593. The van der Waals surface area contributed by atoms with E-state index in [9.17, 15) is 18.0 Å². The molecule has 2 aromatic rings. The first-order valence-corrected chi connectivity index (χ1v) is 9.93. The summed E-state index contributed by atoms with van der Waals surface area (Å²) < 4.78 is 32.5. The van der Waals surface area contributed by atoms with Crippen LogP contribution in [-0.2, 0) is 19.6 Å². The van der Waals surface area contributed by atoms with Crippen LogP contribution in [0.5, 0.6) is 5.75 Å². The van der Waals surface area contributed by atoms with E-state index in [4.69, 9.17) is 14.6 Å². The number of carbonyl (C=O) groups excluding carboxylic acids is 2. The number of thiophene rings is 1. The van der Waals surface area contributed by atoms with Crippen molar-refractivity contribution in [2.24, 2.45) is 5.14 Å². The molecule has 3 N–H and O–H groups in total. The molecule has 0 saturated heterocycles. The Bertz CT molecular complexity index is 892. The van der Waals surface area contributed by atoms with Crippen LogP contribution in [0.2, 0.25) is 0 Å². The molecule has 0 bridgehead atoms. The zero-order valence-electron chi connectivity index (χ0n) is 13.9. The highest BCUT2D eigenvalue weighted by Gasteiger charge is 2.17. The molecule has 2 rings (SSSR count). The van der Waals surface area contributed by atoms with Crippen molar-refractivity contribution in [1.82, 2.24) is 5.32 Å². The monoisotopic (exact) mass is 398 g/mol. The van der Waals surface area contributed by atoms with Crippen LogP contribution in [0, 0.1) is 6.92 Å². The second kappa shape index (κ2) is 8.79. The van der Waals surface area contributed by atoms with Gasteiger partial charge in [-0.3, -0.25) is 4.79 Å². The van der Waals surface area contributed by atoms with Crippen LogP contribution >= 0.6 is 11.3 Å². The molecular formula is C16H18N2O6S2. The Morgan fingerprint density at radius 3 is 2.69 bits per heavy atom. The van der Waals surface area contributed by atoms with Gasteiger partial charge in [-0.1, -0.05) is 12.1 Å². The SMILES string of the molecule is Cc1cccc(OCCNC(=O)COC(=O)c2csc(S(N)(=O)=O)c2)c1. The number of nitrogens with two attached hydrogens (primary N) is 1. The van der Waals surface area contributed by atoms with Crippen molar-refractivity contribution in [2.45, 2.75) is 11.1 Å². The van der Waals surface area contributed by atoms with Crippen LogP contribution in [0.15, 0.2) is 39.9 Å². The molecule has 0 atom stereocenters. The van der Waals surface area contributed by atoms with Crippen LogP contribution in [0.3, 0.4) is 0 Å². The summed E-state index contributed by atoms with van der Waals surface area (Å²) in [6, 6.07) is 8.61. The summed E-state index contributed by atoms with van der Waals surface area (Å²) in [7, 11) is -3.87. The summed E-state index contributed by atoms with van der Waals surface area (Å²) in [5.41, 5.74) is 1.09. The molecule has 140 valence electrons. The second-order valence-corrected chi connectivity index (χ2v) is 7.99. The van der Waals surface area contributed by atoms with Crippen LogP contribution < -0.4 is 15.2 Å². The molecule has 0 unspecified atom stereocenters. The number of hydrogen-bond acceptors (Lipinski definition) is 7. The lowest BCUT2D eigenvalue weighted by Gasteiger charge is -2.08. The zero-order chi connectivity index (χ0) is 19.2. The molecule has 0 saturated carbocycles. The summed E-state index contributed by atoms with van der Waals surface area (Å²) in [4.78, 5) is 23.4. The predicted molar refractivity (Wildman–Crippen MR) is 95.7 cm³/mol. The average molecular weight is 398 g/mol. The number of hydrogen-bond donors (Lipinski definition) is 2. The van der Waals surface area contributed by atoms with E-state index in [1.807, 2.05) is 31.2 Å². The minimum absolute atomic E-state index is 0.0228. The van der Waals surface area contributed by atoms with Gasteiger partial charge < -0.3 is 14.8 Å². The van der Waals surface area contributed by atoms with Gasteiger partial charge in [0.2, 0.25) is 10.0 Å². The van der Waals surface area contributed by atoms with Crippen molar-refractivity contribution in [3.8, 4) is 5.75 Å². The number of nitrogens with one attached hydrogen (secondary N) is 1. The van der Waals surface area contributed by atoms with Gasteiger partial charge in [-0.2, -0.15) is 0 Å². The Morgan fingerprint density at radius 2 is 2.04 bits per heavy atom. The van der Waals surface area contributed by atoms with Crippen molar-refractivity contribution >= 4 is 33.2 Å². The minimum atomic E-state index is -3.87. The lowest BCUT2D eigenvalue weighted by atomic mass is 10.2. The number of benzene rings is 1. The third-order valence-electron chi connectivity index (χ3n) is 3.11. The van der Waals surface area contributed by atoms with E-state index in [1.54, 1.807) is 0 Å². The molecule has 0 spiro atoms. The number of rotatable bonds is 8. The molecule has 0 fully saturated rings. The van der Waals surface area contributed by atoms with Crippen molar-refractivity contribution in [3.05, 3.63) is 46.8 Å². The van der Waals surface area contributed by atoms with Crippen LogP contribution in [0.4, 0.5) is 0 Å². The van der Waals surface area contributed by atoms with E-state index in [1.165, 1.54) is 5.38 Å². The highest BCUT2D eigenvalue weighted by Crippen LogP contribution is 2.19. The van der Waals surface area contributed by atoms with Gasteiger partial charge >= 0.3 is 5.97 Å². The Balaban J connectivity index is 1.69. The number of amides is 1. The van der Waals surface area contributed by atoms with Gasteiger partial charge in [0.1, 0.15) is 16.6 Å². The van der Waals surface area contributed by atoms with Crippen molar-refractivity contribution in [3.63, 3.8) is 0 Å². The van der Waals surface area contributed by atoms with Gasteiger partial charge in [0.15, 0.2) is 6.61 Å². The highest BCUT2D eigenvalue weighted by atomic mass is 32.2. The van der Waals surface area contributed by atoms with Gasteiger partial charge in [0, 0.05) is 5.38 Å². The van der Waals surface area contributed by atoms with E-state index in [2.05, 4.69) is 5.32 Å². The van der Waals surface area contributed by atoms with E-state index in [0.29, 0.717) is 5.75 Å². The molecular weight excluding hydrogens is 380 g/mol. The number of ether oxygens (including phenoxy) is 2. The summed E-state index contributed by atoms with van der Waals surface area (Å²) in [5, 5.41) is 8.82. The Labute approximate surface area is 155 Å². The largest absolute Gasteiger partial charge is 0.492 e.